The molecule has 0 aliphatic heterocycles. The van der Waals surface area contributed by atoms with E-state index in [0.717, 1.165) is 14.5 Å². The first-order valence-electron chi connectivity index (χ1n) is 5.79. The highest BCUT2D eigenvalue weighted by atomic mass is 79.9. The van der Waals surface area contributed by atoms with Crippen LogP contribution in [0.4, 0.5) is 0 Å². The Hall–Kier alpha value is -1.07. The molecule has 1 aromatic carbocycles. The van der Waals surface area contributed by atoms with Crippen molar-refractivity contribution >= 4 is 37.8 Å². The third-order valence-corrected chi connectivity index (χ3v) is 3.83. The van der Waals surface area contributed by atoms with E-state index < -0.39 is 0 Å². The molecular formula is C14H14Br2N2O. The lowest BCUT2D eigenvalue weighted by atomic mass is 10.2. The molecule has 1 aromatic heterocycles. The van der Waals surface area contributed by atoms with Crippen LogP contribution in [0.25, 0.3) is 0 Å². The molecule has 0 saturated heterocycles. The lowest BCUT2D eigenvalue weighted by Gasteiger charge is -2.17. The van der Waals surface area contributed by atoms with Crippen molar-refractivity contribution < 1.29 is 4.79 Å². The maximum absolute atomic E-state index is 12.3. The van der Waals surface area contributed by atoms with E-state index in [-0.39, 0.29) is 5.91 Å². The van der Waals surface area contributed by atoms with Crippen molar-refractivity contribution in [3.63, 3.8) is 0 Å². The van der Waals surface area contributed by atoms with Crippen LogP contribution in [-0.2, 0) is 13.6 Å². The third-order valence-electron chi connectivity index (χ3n) is 2.87. The van der Waals surface area contributed by atoms with Gasteiger partial charge in [-0.05, 0) is 39.7 Å². The van der Waals surface area contributed by atoms with Crippen molar-refractivity contribution in [3.8, 4) is 0 Å². The molecule has 0 bridgehead atoms. The topological polar surface area (TPSA) is 25.2 Å². The quantitative estimate of drug-likeness (QED) is 0.788. The van der Waals surface area contributed by atoms with Crippen molar-refractivity contribution in [2.45, 2.75) is 6.54 Å². The molecule has 5 heteroatoms. The Labute approximate surface area is 129 Å². The Balaban J connectivity index is 2.11. The van der Waals surface area contributed by atoms with Crippen molar-refractivity contribution in [1.82, 2.24) is 9.47 Å². The monoisotopic (exact) mass is 384 g/mol. The Morgan fingerprint density at radius 1 is 1.21 bits per heavy atom. The Morgan fingerprint density at radius 2 is 1.84 bits per heavy atom. The average Bonchev–Trinajstić information content (AvgIpc) is 2.70. The van der Waals surface area contributed by atoms with Crippen LogP contribution < -0.4 is 0 Å². The summed E-state index contributed by atoms with van der Waals surface area (Å²) in [6, 6.07) is 9.81. The summed E-state index contributed by atoms with van der Waals surface area (Å²) < 4.78 is 3.77. The van der Waals surface area contributed by atoms with Crippen molar-refractivity contribution in [3.05, 3.63) is 56.7 Å². The van der Waals surface area contributed by atoms with Gasteiger partial charge in [0.1, 0.15) is 5.69 Å². The van der Waals surface area contributed by atoms with Crippen LogP contribution >= 0.6 is 31.9 Å². The molecule has 0 N–H and O–H groups in total. The molecule has 0 spiro atoms. The summed E-state index contributed by atoms with van der Waals surface area (Å²) >= 11 is 6.78. The number of aromatic nitrogens is 1. The minimum Gasteiger partial charge on any atom is -0.345 e. The van der Waals surface area contributed by atoms with Crippen LogP contribution in [0, 0.1) is 0 Å². The summed E-state index contributed by atoms with van der Waals surface area (Å²) in [4.78, 5) is 14.0. The van der Waals surface area contributed by atoms with E-state index >= 15 is 0 Å². The van der Waals surface area contributed by atoms with Gasteiger partial charge in [0.25, 0.3) is 5.91 Å². The molecule has 0 radical (unpaired) electrons. The van der Waals surface area contributed by atoms with Crippen molar-refractivity contribution in [1.29, 1.82) is 0 Å². The maximum Gasteiger partial charge on any atom is 0.270 e. The van der Waals surface area contributed by atoms with Crippen molar-refractivity contribution in [2.75, 3.05) is 7.05 Å². The van der Waals surface area contributed by atoms with Gasteiger partial charge >= 0.3 is 0 Å². The van der Waals surface area contributed by atoms with Gasteiger partial charge in [-0.3, -0.25) is 4.79 Å². The maximum atomic E-state index is 12.3. The molecular weight excluding hydrogens is 372 g/mol. The summed E-state index contributed by atoms with van der Waals surface area (Å²) in [5.41, 5.74) is 1.78. The van der Waals surface area contributed by atoms with E-state index in [1.54, 1.807) is 4.90 Å². The minimum atomic E-state index is 0.0103. The summed E-state index contributed by atoms with van der Waals surface area (Å²) in [6.07, 6.45) is 1.88. The number of carbonyl (C=O) groups excluding carboxylic acids is 1. The largest absolute Gasteiger partial charge is 0.345 e. The smallest absolute Gasteiger partial charge is 0.270 e. The van der Waals surface area contributed by atoms with Crippen LogP contribution in [0.15, 0.2) is 45.5 Å². The summed E-state index contributed by atoms with van der Waals surface area (Å²) in [6.45, 7) is 0.592. The molecule has 0 aliphatic carbocycles. The van der Waals surface area contributed by atoms with Crippen LogP contribution in [0.5, 0.6) is 0 Å². The van der Waals surface area contributed by atoms with Gasteiger partial charge in [0.15, 0.2) is 0 Å². The predicted octanol–water partition coefficient (Wildman–Crippen LogP) is 3.82. The molecule has 1 amide bonds. The molecule has 0 fully saturated rings. The third kappa shape index (κ3) is 3.48. The van der Waals surface area contributed by atoms with Gasteiger partial charge in [0.2, 0.25) is 0 Å². The molecule has 19 heavy (non-hydrogen) atoms. The van der Waals surface area contributed by atoms with Gasteiger partial charge in [-0.15, -0.1) is 0 Å². The molecule has 0 atom stereocenters. The fraction of sp³-hybridized carbons (Fsp3) is 0.214. The number of amides is 1. The Morgan fingerprint density at radius 3 is 2.37 bits per heavy atom. The van der Waals surface area contributed by atoms with Crippen LogP contribution in [0.3, 0.4) is 0 Å². The van der Waals surface area contributed by atoms with Gasteiger partial charge in [0, 0.05) is 35.8 Å². The van der Waals surface area contributed by atoms with Gasteiger partial charge in [-0.2, -0.15) is 0 Å². The van der Waals surface area contributed by atoms with Gasteiger partial charge in [-0.1, -0.05) is 28.1 Å². The zero-order chi connectivity index (χ0) is 14.0. The summed E-state index contributed by atoms with van der Waals surface area (Å²) in [7, 11) is 3.68. The van der Waals surface area contributed by atoms with Crippen LogP contribution in [0.1, 0.15) is 16.1 Å². The van der Waals surface area contributed by atoms with E-state index in [2.05, 4.69) is 31.9 Å². The molecule has 1 heterocycles. The number of hydrogen-bond donors (Lipinski definition) is 0. The highest BCUT2D eigenvalue weighted by Crippen LogP contribution is 2.17. The molecule has 3 nitrogen and oxygen atoms in total. The molecule has 2 aromatic rings. The average molecular weight is 386 g/mol. The Bertz CT molecular complexity index is 590. The molecule has 2 rings (SSSR count). The van der Waals surface area contributed by atoms with E-state index in [9.17, 15) is 4.79 Å². The number of aryl methyl sites for hydroxylation is 1. The highest BCUT2D eigenvalue weighted by molar-refractivity contribution is 9.10. The lowest BCUT2D eigenvalue weighted by molar-refractivity contribution is 0.0775. The predicted molar refractivity (Wildman–Crippen MR) is 83.1 cm³/mol. The second-order valence-electron chi connectivity index (χ2n) is 4.44. The highest BCUT2D eigenvalue weighted by Gasteiger charge is 2.15. The van der Waals surface area contributed by atoms with Gasteiger partial charge < -0.3 is 9.47 Å². The number of nitrogens with zero attached hydrogens (tertiary/aromatic N) is 2. The van der Waals surface area contributed by atoms with Crippen LogP contribution in [-0.4, -0.2) is 22.4 Å². The molecule has 0 aliphatic rings. The van der Waals surface area contributed by atoms with E-state index in [4.69, 9.17) is 0 Å². The zero-order valence-corrected chi connectivity index (χ0v) is 13.9. The molecule has 0 unspecified atom stereocenters. The fourth-order valence-electron chi connectivity index (χ4n) is 1.87. The first-order chi connectivity index (χ1) is 8.97. The number of benzene rings is 1. The second-order valence-corrected chi connectivity index (χ2v) is 6.27. The van der Waals surface area contributed by atoms with Gasteiger partial charge in [-0.25, -0.2) is 0 Å². The SMILES string of the molecule is CN(Cc1ccc(Br)cc1)C(=O)c1cc(Br)cn1C. The summed E-state index contributed by atoms with van der Waals surface area (Å²) in [5, 5.41) is 0. The zero-order valence-electron chi connectivity index (χ0n) is 10.7. The van der Waals surface area contributed by atoms with Gasteiger partial charge in [0.05, 0.1) is 0 Å². The van der Waals surface area contributed by atoms with E-state index in [0.29, 0.717) is 12.2 Å². The first kappa shape index (κ1) is 14.3. The first-order valence-corrected chi connectivity index (χ1v) is 7.38. The number of halogens is 2. The van der Waals surface area contributed by atoms with E-state index in [1.807, 2.05) is 55.2 Å². The molecule has 0 saturated carbocycles. The summed E-state index contributed by atoms with van der Waals surface area (Å²) in [5.74, 6) is 0.0103. The van der Waals surface area contributed by atoms with Crippen LogP contribution in [0.2, 0.25) is 0 Å². The second kappa shape index (κ2) is 5.92. The van der Waals surface area contributed by atoms with E-state index in [1.165, 1.54) is 0 Å². The fourth-order valence-corrected chi connectivity index (χ4v) is 2.66. The standard InChI is InChI=1S/C14H14Br2N2O/c1-17-9-12(16)7-13(17)14(19)18(2)8-10-3-5-11(15)6-4-10/h3-7,9H,8H2,1-2H3. The number of rotatable bonds is 3. The number of hydrogen-bond acceptors (Lipinski definition) is 1. The Kier molecular flexibility index (Phi) is 4.47. The molecule has 100 valence electrons. The lowest BCUT2D eigenvalue weighted by Crippen LogP contribution is -2.27. The normalized spacial score (nSPS) is 10.5. The number of carbonyl (C=O) groups is 1. The van der Waals surface area contributed by atoms with Crippen molar-refractivity contribution in [2.24, 2.45) is 7.05 Å². The minimum absolute atomic E-state index is 0.0103.